The Kier molecular flexibility index (Phi) is 5.41. The number of rotatable bonds is 6. The number of hydrogen-bond donors (Lipinski definition) is 2. The van der Waals surface area contributed by atoms with Gasteiger partial charge in [-0.3, -0.25) is 4.68 Å². The van der Waals surface area contributed by atoms with Crippen LogP contribution in [-0.4, -0.2) is 40.1 Å². The van der Waals surface area contributed by atoms with Gasteiger partial charge in [0.15, 0.2) is 0 Å². The van der Waals surface area contributed by atoms with Gasteiger partial charge in [0.1, 0.15) is 5.75 Å². The van der Waals surface area contributed by atoms with Crippen molar-refractivity contribution in [2.45, 2.75) is 44.7 Å². The van der Waals surface area contributed by atoms with Gasteiger partial charge in [0, 0.05) is 38.4 Å². The number of hydrogen-bond acceptors (Lipinski definition) is 4. The molecule has 3 rings (SSSR count). The van der Waals surface area contributed by atoms with E-state index in [1.165, 1.54) is 24.1 Å². The topological polar surface area (TPSA) is 53.3 Å². The number of nitrogens with zero attached hydrogens (tertiary/aromatic N) is 3. The van der Waals surface area contributed by atoms with Crippen LogP contribution in [0.2, 0.25) is 0 Å². The summed E-state index contributed by atoms with van der Waals surface area (Å²) in [6.07, 6.45) is 8.65. The largest absolute Gasteiger partial charge is 0.508 e. The molecule has 0 amide bonds. The number of aromatic nitrogens is 2. The van der Waals surface area contributed by atoms with E-state index in [9.17, 15) is 5.11 Å². The number of benzene rings is 1. The third kappa shape index (κ3) is 4.51. The Bertz CT molecular complexity index is 637. The molecule has 1 aliphatic rings. The van der Waals surface area contributed by atoms with Crippen LogP contribution in [-0.2, 0) is 13.5 Å². The van der Waals surface area contributed by atoms with Crippen molar-refractivity contribution in [1.29, 1.82) is 0 Å². The maximum Gasteiger partial charge on any atom is 0.115 e. The lowest BCUT2D eigenvalue weighted by Gasteiger charge is -2.35. The summed E-state index contributed by atoms with van der Waals surface area (Å²) in [7, 11) is 1.97. The second-order valence-electron chi connectivity index (χ2n) is 6.93. The van der Waals surface area contributed by atoms with E-state index < -0.39 is 0 Å². The Hall–Kier alpha value is -2.01. The first-order valence-electron chi connectivity index (χ1n) is 8.87. The summed E-state index contributed by atoms with van der Waals surface area (Å²) < 4.78 is 1.87. The molecule has 0 saturated carbocycles. The zero-order valence-electron chi connectivity index (χ0n) is 14.7. The lowest BCUT2D eigenvalue weighted by Crippen LogP contribution is -2.48. The second-order valence-corrected chi connectivity index (χ2v) is 6.93. The minimum absolute atomic E-state index is 0.336. The summed E-state index contributed by atoms with van der Waals surface area (Å²) >= 11 is 0. The molecule has 1 aliphatic heterocycles. The maximum absolute atomic E-state index is 9.35. The van der Waals surface area contributed by atoms with Crippen molar-refractivity contribution in [3.05, 3.63) is 42.2 Å². The van der Waals surface area contributed by atoms with E-state index in [1.54, 1.807) is 12.1 Å². The molecule has 2 aromatic rings. The van der Waals surface area contributed by atoms with Crippen molar-refractivity contribution in [1.82, 2.24) is 15.1 Å². The number of phenolic OH excluding ortho intramolecular Hbond substituents is 1. The number of phenols is 1. The highest BCUT2D eigenvalue weighted by Crippen LogP contribution is 2.19. The average Bonchev–Trinajstić information content (AvgIpc) is 3.01. The van der Waals surface area contributed by atoms with Crippen molar-refractivity contribution < 1.29 is 5.11 Å². The summed E-state index contributed by atoms with van der Waals surface area (Å²) in [6, 6.07) is 8.56. The third-order valence-corrected chi connectivity index (χ3v) is 4.80. The lowest BCUT2D eigenvalue weighted by atomic mass is 10.0. The van der Waals surface area contributed by atoms with Gasteiger partial charge in [-0.1, -0.05) is 12.1 Å². The van der Waals surface area contributed by atoms with E-state index in [4.69, 9.17) is 0 Å². The molecular weight excluding hydrogens is 300 g/mol. The SMILES string of the molecule is C[C@@H](CCc1ccc(O)cc1)N[C@H]1CCCN(c2cnn(C)c2)C1. The molecule has 0 bridgehead atoms. The molecular formula is C19H28N4O. The fourth-order valence-corrected chi connectivity index (χ4v) is 3.45. The summed E-state index contributed by atoms with van der Waals surface area (Å²) in [5.74, 6) is 0.336. The van der Waals surface area contributed by atoms with Crippen LogP contribution in [0.3, 0.4) is 0 Å². The van der Waals surface area contributed by atoms with E-state index in [0.717, 1.165) is 25.9 Å². The lowest BCUT2D eigenvalue weighted by molar-refractivity contribution is 0.373. The van der Waals surface area contributed by atoms with Crippen LogP contribution in [0, 0.1) is 0 Å². The Labute approximate surface area is 144 Å². The molecule has 0 aliphatic carbocycles. The molecule has 1 aromatic carbocycles. The second kappa shape index (κ2) is 7.71. The van der Waals surface area contributed by atoms with Crippen molar-refractivity contribution in [3.8, 4) is 5.75 Å². The van der Waals surface area contributed by atoms with Crippen LogP contribution in [0.1, 0.15) is 31.7 Å². The monoisotopic (exact) mass is 328 g/mol. The Morgan fingerprint density at radius 2 is 2.12 bits per heavy atom. The minimum atomic E-state index is 0.336. The van der Waals surface area contributed by atoms with Crippen molar-refractivity contribution in [2.75, 3.05) is 18.0 Å². The number of aryl methyl sites for hydroxylation is 2. The van der Waals surface area contributed by atoms with Crippen molar-refractivity contribution in [3.63, 3.8) is 0 Å². The molecule has 130 valence electrons. The zero-order chi connectivity index (χ0) is 16.9. The van der Waals surface area contributed by atoms with Gasteiger partial charge >= 0.3 is 0 Å². The Balaban J connectivity index is 1.47. The normalized spacial score (nSPS) is 19.4. The molecule has 2 atom stereocenters. The van der Waals surface area contributed by atoms with Crippen molar-refractivity contribution in [2.24, 2.45) is 7.05 Å². The number of anilines is 1. The molecule has 1 fully saturated rings. The van der Waals surface area contributed by atoms with Gasteiger partial charge in [0.05, 0.1) is 11.9 Å². The van der Waals surface area contributed by atoms with Crippen LogP contribution in [0.25, 0.3) is 0 Å². The number of aromatic hydroxyl groups is 1. The Morgan fingerprint density at radius 1 is 1.33 bits per heavy atom. The van der Waals surface area contributed by atoms with Gasteiger partial charge in [0.25, 0.3) is 0 Å². The summed E-state index contributed by atoms with van der Waals surface area (Å²) in [5, 5.41) is 17.4. The van der Waals surface area contributed by atoms with Gasteiger partial charge in [-0.15, -0.1) is 0 Å². The predicted molar refractivity (Wildman–Crippen MR) is 97.5 cm³/mol. The summed E-state index contributed by atoms with van der Waals surface area (Å²) in [5.41, 5.74) is 2.50. The van der Waals surface area contributed by atoms with Crippen LogP contribution < -0.4 is 10.2 Å². The predicted octanol–water partition coefficient (Wildman–Crippen LogP) is 2.71. The van der Waals surface area contributed by atoms with Gasteiger partial charge in [-0.05, 0) is 50.3 Å². The van der Waals surface area contributed by atoms with Gasteiger partial charge < -0.3 is 15.3 Å². The molecule has 5 nitrogen and oxygen atoms in total. The van der Waals surface area contributed by atoms with Crippen LogP contribution in [0.5, 0.6) is 5.75 Å². The fraction of sp³-hybridized carbons (Fsp3) is 0.526. The molecule has 1 aromatic heterocycles. The molecule has 2 N–H and O–H groups in total. The molecule has 5 heteroatoms. The summed E-state index contributed by atoms with van der Waals surface area (Å²) in [4.78, 5) is 2.43. The first-order valence-corrected chi connectivity index (χ1v) is 8.87. The first kappa shape index (κ1) is 16.8. The van der Waals surface area contributed by atoms with Crippen LogP contribution in [0.15, 0.2) is 36.7 Å². The highest BCUT2D eigenvalue weighted by molar-refractivity contribution is 5.43. The summed E-state index contributed by atoms with van der Waals surface area (Å²) in [6.45, 7) is 4.43. The van der Waals surface area contributed by atoms with E-state index in [1.807, 2.05) is 30.1 Å². The van der Waals surface area contributed by atoms with Gasteiger partial charge in [0.2, 0.25) is 0 Å². The average molecular weight is 328 g/mol. The highest BCUT2D eigenvalue weighted by Gasteiger charge is 2.22. The zero-order valence-corrected chi connectivity index (χ0v) is 14.7. The fourth-order valence-electron chi connectivity index (χ4n) is 3.45. The van der Waals surface area contributed by atoms with Crippen LogP contribution in [0.4, 0.5) is 5.69 Å². The maximum atomic E-state index is 9.35. The van der Waals surface area contributed by atoms with E-state index in [2.05, 4.69) is 28.4 Å². The van der Waals surface area contributed by atoms with E-state index in [-0.39, 0.29) is 0 Å². The van der Waals surface area contributed by atoms with E-state index >= 15 is 0 Å². The number of nitrogens with one attached hydrogen (secondary N) is 1. The molecule has 0 spiro atoms. The first-order chi connectivity index (χ1) is 11.6. The van der Waals surface area contributed by atoms with Crippen LogP contribution >= 0.6 is 0 Å². The smallest absolute Gasteiger partial charge is 0.115 e. The quantitative estimate of drug-likeness (QED) is 0.856. The molecule has 24 heavy (non-hydrogen) atoms. The van der Waals surface area contributed by atoms with Crippen molar-refractivity contribution >= 4 is 5.69 Å². The minimum Gasteiger partial charge on any atom is -0.508 e. The molecule has 0 unspecified atom stereocenters. The third-order valence-electron chi connectivity index (χ3n) is 4.80. The molecule has 2 heterocycles. The Morgan fingerprint density at radius 3 is 2.83 bits per heavy atom. The number of piperidine rings is 1. The molecule has 1 saturated heterocycles. The molecule has 0 radical (unpaired) electrons. The van der Waals surface area contributed by atoms with Gasteiger partial charge in [-0.25, -0.2) is 0 Å². The highest BCUT2D eigenvalue weighted by atomic mass is 16.3. The standard InChI is InChI=1S/C19H28N4O/c1-15(5-6-16-7-9-19(24)10-8-16)21-17-4-3-11-23(13-17)18-12-20-22(2)14-18/h7-10,12,14-15,17,21,24H,3-6,11,13H2,1-2H3/t15-,17-/m0/s1. The van der Waals surface area contributed by atoms with Gasteiger partial charge in [-0.2, -0.15) is 5.10 Å². The van der Waals surface area contributed by atoms with E-state index in [0.29, 0.717) is 17.8 Å².